The molecule has 0 aromatic rings. The van der Waals surface area contributed by atoms with Gasteiger partial charge in [-0.05, 0) is 40.0 Å². The number of unbranched alkanes of at least 4 members (excludes halogenated alkanes) is 13. The molecule has 43 heavy (non-hydrogen) atoms. The molecular formula is C34H64O9. The third kappa shape index (κ3) is 36.5. The van der Waals surface area contributed by atoms with E-state index in [9.17, 15) is 14.4 Å². The Morgan fingerprint density at radius 1 is 0.442 bits per heavy atom. The molecule has 0 amide bonds. The molecule has 0 fully saturated rings. The summed E-state index contributed by atoms with van der Waals surface area (Å²) in [5.41, 5.74) is -0.376. The Morgan fingerprint density at radius 3 is 1.21 bits per heavy atom. The second kappa shape index (κ2) is 30.5. The zero-order valence-corrected chi connectivity index (χ0v) is 27.8. The fourth-order valence-electron chi connectivity index (χ4n) is 4.52. The number of Topliss-reactive ketones (excluding diaryl/α,β-unsaturated/α-hetero) is 1. The van der Waals surface area contributed by atoms with Crippen LogP contribution in [0.4, 0.5) is 0 Å². The van der Waals surface area contributed by atoms with E-state index in [2.05, 4.69) is 0 Å². The van der Waals surface area contributed by atoms with Gasteiger partial charge in [0.2, 0.25) is 0 Å². The first kappa shape index (κ1) is 41.4. The SMILES string of the molecule is CC(C)(C)OC(=O)CCCCCCCCCCCCCCCCC(=O)CCCOCCOCCOCCOCCC(=O)O. The van der Waals surface area contributed by atoms with E-state index in [1.807, 2.05) is 20.8 Å². The Labute approximate surface area is 262 Å². The molecule has 0 aliphatic carbocycles. The summed E-state index contributed by atoms with van der Waals surface area (Å²) in [6.07, 6.45) is 19.7. The molecule has 0 aliphatic heterocycles. The third-order valence-corrected chi connectivity index (χ3v) is 6.83. The van der Waals surface area contributed by atoms with E-state index in [0.717, 1.165) is 32.1 Å². The Balaban J connectivity index is 3.22. The van der Waals surface area contributed by atoms with Crippen LogP contribution in [0.25, 0.3) is 0 Å². The predicted octanol–water partition coefficient (Wildman–Crippen LogP) is 7.46. The van der Waals surface area contributed by atoms with Gasteiger partial charge in [-0.3, -0.25) is 14.4 Å². The van der Waals surface area contributed by atoms with Crippen LogP contribution in [-0.4, -0.2) is 81.3 Å². The maximum absolute atomic E-state index is 12.0. The summed E-state index contributed by atoms with van der Waals surface area (Å²) >= 11 is 0. The maximum atomic E-state index is 12.0. The van der Waals surface area contributed by atoms with Crippen molar-refractivity contribution >= 4 is 17.7 Å². The molecule has 1 N–H and O–H groups in total. The molecule has 9 nitrogen and oxygen atoms in total. The molecule has 0 spiro atoms. The lowest BCUT2D eigenvalue weighted by molar-refractivity contribution is -0.155. The van der Waals surface area contributed by atoms with Gasteiger partial charge in [-0.25, -0.2) is 0 Å². The van der Waals surface area contributed by atoms with Gasteiger partial charge in [0, 0.05) is 25.9 Å². The number of esters is 1. The fraction of sp³-hybridized carbons (Fsp3) is 0.912. The number of ether oxygens (including phenoxy) is 5. The Kier molecular flexibility index (Phi) is 29.4. The first-order chi connectivity index (χ1) is 20.7. The lowest BCUT2D eigenvalue weighted by atomic mass is 10.0. The largest absolute Gasteiger partial charge is 0.481 e. The van der Waals surface area contributed by atoms with Crippen LogP contribution in [0.1, 0.15) is 143 Å². The number of aliphatic carboxylic acids is 1. The van der Waals surface area contributed by atoms with E-state index >= 15 is 0 Å². The van der Waals surface area contributed by atoms with E-state index in [1.165, 1.54) is 64.2 Å². The number of hydrogen-bond acceptors (Lipinski definition) is 8. The number of rotatable bonds is 33. The summed E-state index contributed by atoms with van der Waals surface area (Å²) in [5, 5.41) is 8.49. The standard InChI is InChI=1S/C34H64O9/c1-34(2,3)43-33(38)21-17-15-13-11-9-7-5-4-6-8-10-12-14-16-19-31(35)20-18-23-39-25-27-41-29-30-42-28-26-40-24-22-32(36)37/h4-30H2,1-3H3,(H,36,37). The van der Waals surface area contributed by atoms with E-state index < -0.39 is 5.97 Å². The first-order valence-corrected chi connectivity index (χ1v) is 17.0. The number of hydrogen-bond donors (Lipinski definition) is 1. The summed E-state index contributed by atoms with van der Waals surface area (Å²) in [4.78, 5) is 34.1. The Morgan fingerprint density at radius 2 is 0.791 bits per heavy atom. The average Bonchev–Trinajstić information content (AvgIpc) is 2.93. The summed E-state index contributed by atoms with van der Waals surface area (Å²) in [7, 11) is 0. The van der Waals surface area contributed by atoms with Crippen molar-refractivity contribution in [3.8, 4) is 0 Å². The van der Waals surface area contributed by atoms with Crippen LogP contribution in [-0.2, 0) is 38.1 Å². The first-order valence-electron chi connectivity index (χ1n) is 17.0. The minimum Gasteiger partial charge on any atom is -0.481 e. The van der Waals surface area contributed by atoms with Gasteiger partial charge in [0.15, 0.2) is 0 Å². The average molecular weight is 617 g/mol. The molecule has 0 unspecified atom stereocenters. The monoisotopic (exact) mass is 616 g/mol. The number of ketones is 1. The topological polar surface area (TPSA) is 118 Å². The van der Waals surface area contributed by atoms with Crippen molar-refractivity contribution in [2.45, 2.75) is 148 Å². The smallest absolute Gasteiger partial charge is 0.306 e. The molecule has 0 bridgehead atoms. The van der Waals surface area contributed by atoms with Crippen LogP contribution in [0.3, 0.4) is 0 Å². The van der Waals surface area contributed by atoms with E-state index in [0.29, 0.717) is 71.3 Å². The molecule has 0 aromatic carbocycles. The van der Waals surface area contributed by atoms with Crippen LogP contribution < -0.4 is 0 Å². The second-order valence-electron chi connectivity index (χ2n) is 12.3. The lowest BCUT2D eigenvalue weighted by Gasteiger charge is -2.19. The molecule has 0 saturated heterocycles. The third-order valence-electron chi connectivity index (χ3n) is 6.83. The van der Waals surface area contributed by atoms with Crippen LogP contribution in [0.5, 0.6) is 0 Å². The fourth-order valence-corrected chi connectivity index (χ4v) is 4.52. The minimum absolute atomic E-state index is 0.00359. The number of carbonyl (C=O) groups is 3. The number of carboxylic acid groups (broad SMARTS) is 1. The zero-order valence-electron chi connectivity index (χ0n) is 27.8. The maximum Gasteiger partial charge on any atom is 0.306 e. The molecule has 0 saturated carbocycles. The second-order valence-corrected chi connectivity index (χ2v) is 12.3. The predicted molar refractivity (Wildman–Crippen MR) is 169 cm³/mol. The van der Waals surface area contributed by atoms with Crippen molar-refractivity contribution in [2.24, 2.45) is 0 Å². The van der Waals surface area contributed by atoms with Gasteiger partial charge in [-0.15, -0.1) is 0 Å². The van der Waals surface area contributed by atoms with Gasteiger partial charge in [0.1, 0.15) is 11.4 Å². The minimum atomic E-state index is -0.868. The summed E-state index contributed by atoms with van der Waals surface area (Å²) in [6, 6.07) is 0. The lowest BCUT2D eigenvalue weighted by Crippen LogP contribution is -2.23. The van der Waals surface area contributed by atoms with Crippen LogP contribution >= 0.6 is 0 Å². The van der Waals surface area contributed by atoms with Crippen molar-refractivity contribution in [3.63, 3.8) is 0 Å². The highest BCUT2D eigenvalue weighted by Gasteiger charge is 2.15. The van der Waals surface area contributed by atoms with E-state index in [4.69, 9.17) is 28.8 Å². The molecule has 0 heterocycles. The van der Waals surface area contributed by atoms with Crippen molar-refractivity contribution in [1.29, 1.82) is 0 Å². The molecule has 0 aliphatic rings. The summed E-state index contributed by atoms with van der Waals surface area (Å²) in [5.74, 6) is -0.602. The molecule has 0 atom stereocenters. The van der Waals surface area contributed by atoms with Gasteiger partial charge >= 0.3 is 11.9 Å². The quantitative estimate of drug-likeness (QED) is 0.0592. The highest BCUT2D eigenvalue weighted by Crippen LogP contribution is 2.15. The van der Waals surface area contributed by atoms with Crippen molar-refractivity contribution in [2.75, 3.05) is 52.9 Å². The molecule has 9 heteroatoms. The van der Waals surface area contributed by atoms with Gasteiger partial charge < -0.3 is 28.8 Å². The van der Waals surface area contributed by atoms with E-state index in [-0.39, 0.29) is 24.6 Å². The molecule has 0 radical (unpaired) electrons. The van der Waals surface area contributed by atoms with Crippen LogP contribution in [0, 0.1) is 0 Å². The van der Waals surface area contributed by atoms with Crippen molar-refractivity contribution < 1.29 is 43.2 Å². The molecular weight excluding hydrogens is 552 g/mol. The van der Waals surface area contributed by atoms with E-state index in [1.54, 1.807) is 0 Å². The van der Waals surface area contributed by atoms with Crippen LogP contribution in [0.2, 0.25) is 0 Å². The molecule has 0 aromatic heterocycles. The summed E-state index contributed by atoms with van der Waals surface area (Å²) < 4.78 is 26.7. The van der Waals surface area contributed by atoms with Gasteiger partial charge in [-0.1, -0.05) is 77.0 Å². The highest BCUT2D eigenvalue weighted by molar-refractivity contribution is 5.78. The Hall–Kier alpha value is -1.55. The van der Waals surface area contributed by atoms with Crippen molar-refractivity contribution in [1.82, 2.24) is 0 Å². The highest BCUT2D eigenvalue weighted by atomic mass is 16.6. The Bertz CT molecular complexity index is 661. The van der Waals surface area contributed by atoms with Crippen LogP contribution in [0.15, 0.2) is 0 Å². The zero-order chi connectivity index (χ0) is 31.9. The molecule has 254 valence electrons. The van der Waals surface area contributed by atoms with Gasteiger partial charge in [0.05, 0.1) is 52.7 Å². The van der Waals surface area contributed by atoms with Gasteiger partial charge in [-0.2, -0.15) is 0 Å². The summed E-state index contributed by atoms with van der Waals surface area (Å²) in [6.45, 7) is 9.23. The number of carbonyl (C=O) groups excluding carboxylic acids is 2. The van der Waals surface area contributed by atoms with Gasteiger partial charge in [0.25, 0.3) is 0 Å². The molecule has 0 rings (SSSR count). The van der Waals surface area contributed by atoms with Crippen molar-refractivity contribution in [3.05, 3.63) is 0 Å². The number of carboxylic acids is 1. The normalized spacial score (nSPS) is 11.6.